The minimum atomic E-state index is -0.639. The molecule has 0 aromatic heterocycles. The number of benzene rings is 2. The van der Waals surface area contributed by atoms with Gasteiger partial charge in [0.1, 0.15) is 0 Å². The summed E-state index contributed by atoms with van der Waals surface area (Å²) in [6.07, 6.45) is 6.51. The van der Waals surface area contributed by atoms with Gasteiger partial charge >= 0.3 is 5.97 Å². The van der Waals surface area contributed by atoms with Crippen molar-refractivity contribution in [1.29, 1.82) is 0 Å². The van der Waals surface area contributed by atoms with Gasteiger partial charge in [0.25, 0.3) is 5.91 Å². The molecule has 2 amide bonds. The van der Waals surface area contributed by atoms with Crippen LogP contribution in [0.3, 0.4) is 0 Å². The summed E-state index contributed by atoms with van der Waals surface area (Å²) in [6.45, 7) is 2.24. The number of nitrogens with one attached hydrogen (secondary N) is 2. The smallest absolute Gasteiger partial charge is 0.336 e. The Morgan fingerprint density at radius 2 is 1.42 bits per heavy atom. The number of halogens is 2. The third kappa shape index (κ3) is 14.3. The minimum absolute atomic E-state index is 0. The van der Waals surface area contributed by atoms with Crippen LogP contribution in [0.15, 0.2) is 54.6 Å². The molecule has 212 valence electrons. The Kier molecular flexibility index (Phi) is 18.9. The zero-order valence-electron chi connectivity index (χ0n) is 22.0. The van der Waals surface area contributed by atoms with Crippen LogP contribution >= 0.6 is 24.8 Å². The van der Waals surface area contributed by atoms with Crippen LogP contribution in [0.1, 0.15) is 55.7 Å². The van der Waals surface area contributed by atoms with Gasteiger partial charge in [0, 0.05) is 6.54 Å². The van der Waals surface area contributed by atoms with Gasteiger partial charge in [0.2, 0.25) is 5.91 Å². The molecule has 0 fully saturated rings. The summed E-state index contributed by atoms with van der Waals surface area (Å²) >= 11 is 0. The van der Waals surface area contributed by atoms with Gasteiger partial charge < -0.3 is 21.6 Å². The van der Waals surface area contributed by atoms with E-state index in [0.29, 0.717) is 13.0 Å². The van der Waals surface area contributed by atoms with E-state index in [1.807, 2.05) is 30.3 Å². The van der Waals surface area contributed by atoms with Crippen molar-refractivity contribution in [2.45, 2.75) is 64.3 Å². The standard InChI is InChI=1S/C28H40N4O4.2ClH/c1-21(20-31-27(34)25(30)13-7-8-18-29)28(35)36-32-26(33)19-24-16-14-23(15-17-24)12-6-5-11-22-9-3-2-4-10-22;;/h2-4,9-10,14-17,21,25H,5-8,11-13,18-20,29-30H2,1H3,(H,31,34)(H,32,33);2*1H. The third-order valence-corrected chi connectivity index (χ3v) is 5.97. The third-order valence-electron chi connectivity index (χ3n) is 5.97. The van der Waals surface area contributed by atoms with Crippen LogP contribution in [0.5, 0.6) is 0 Å². The van der Waals surface area contributed by atoms with E-state index < -0.39 is 23.8 Å². The molecule has 2 rings (SSSR count). The van der Waals surface area contributed by atoms with E-state index in [1.165, 1.54) is 11.1 Å². The van der Waals surface area contributed by atoms with Gasteiger partial charge in [-0.2, -0.15) is 5.48 Å². The molecule has 2 atom stereocenters. The summed E-state index contributed by atoms with van der Waals surface area (Å²) in [5.41, 5.74) is 16.9. The lowest BCUT2D eigenvalue weighted by atomic mass is 10.0. The molecule has 38 heavy (non-hydrogen) atoms. The predicted molar refractivity (Wildman–Crippen MR) is 155 cm³/mol. The number of rotatable bonds is 15. The second-order valence-corrected chi connectivity index (χ2v) is 9.17. The van der Waals surface area contributed by atoms with Crippen molar-refractivity contribution in [3.8, 4) is 0 Å². The van der Waals surface area contributed by atoms with Gasteiger partial charge in [-0.1, -0.05) is 67.9 Å². The molecule has 8 nitrogen and oxygen atoms in total. The van der Waals surface area contributed by atoms with Crippen LogP contribution in [0.25, 0.3) is 0 Å². The van der Waals surface area contributed by atoms with Gasteiger partial charge in [-0.3, -0.25) is 9.59 Å². The number of carbonyl (C=O) groups excluding carboxylic acids is 3. The highest BCUT2D eigenvalue weighted by atomic mass is 35.5. The largest absolute Gasteiger partial charge is 0.354 e. The highest BCUT2D eigenvalue weighted by molar-refractivity contribution is 5.85. The van der Waals surface area contributed by atoms with Crippen molar-refractivity contribution in [1.82, 2.24) is 10.8 Å². The Morgan fingerprint density at radius 1 is 0.842 bits per heavy atom. The van der Waals surface area contributed by atoms with Gasteiger partial charge in [-0.05, 0) is 61.8 Å². The van der Waals surface area contributed by atoms with Crippen molar-refractivity contribution in [2.75, 3.05) is 13.1 Å². The lowest BCUT2D eigenvalue weighted by Crippen LogP contribution is -2.43. The average molecular weight is 570 g/mol. The van der Waals surface area contributed by atoms with Crippen molar-refractivity contribution in [3.05, 3.63) is 71.3 Å². The summed E-state index contributed by atoms with van der Waals surface area (Å²) < 4.78 is 0. The summed E-state index contributed by atoms with van der Waals surface area (Å²) in [6, 6.07) is 17.7. The molecule has 2 aromatic carbocycles. The molecule has 0 aliphatic rings. The van der Waals surface area contributed by atoms with Crippen LogP contribution in [-0.4, -0.2) is 36.9 Å². The van der Waals surface area contributed by atoms with Crippen LogP contribution < -0.4 is 22.3 Å². The second-order valence-electron chi connectivity index (χ2n) is 9.17. The van der Waals surface area contributed by atoms with Crippen LogP contribution in [0, 0.1) is 5.92 Å². The van der Waals surface area contributed by atoms with E-state index in [-0.39, 0.29) is 43.7 Å². The average Bonchev–Trinajstić information content (AvgIpc) is 2.89. The van der Waals surface area contributed by atoms with E-state index in [0.717, 1.165) is 44.1 Å². The van der Waals surface area contributed by atoms with Crippen molar-refractivity contribution in [2.24, 2.45) is 17.4 Å². The Labute approximate surface area is 238 Å². The van der Waals surface area contributed by atoms with E-state index in [4.69, 9.17) is 16.3 Å². The molecule has 0 heterocycles. The molecule has 0 spiro atoms. The zero-order valence-corrected chi connectivity index (χ0v) is 23.7. The monoisotopic (exact) mass is 568 g/mol. The topological polar surface area (TPSA) is 137 Å². The molecule has 2 aromatic rings. The van der Waals surface area contributed by atoms with Crippen molar-refractivity contribution < 1.29 is 19.2 Å². The molecule has 10 heteroatoms. The van der Waals surface area contributed by atoms with Gasteiger partial charge in [-0.25, -0.2) is 4.79 Å². The number of hydroxylamine groups is 1. The molecular weight excluding hydrogens is 527 g/mol. The molecule has 0 aliphatic carbocycles. The van der Waals surface area contributed by atoms with E-state index in [9.17, 15) is 14.4 Å². The molecule has 0 saturated carbocycles. The number of amides is 2. The summed E-state index contributed by atoms with van der Waals surface area (Å²) in [5.74, 6) is -2.01. The van der Waals surface area contributed by atoms with Crippen LogP contribution in [0.4, 0.5) is 0 Å². The predicted octanol–water partition coefficient (Wildman–Crippen LogP) is 3.42. The highest BCUT2D eigenvalue weighted by Crippen LogP contribution is 2.11. The molecule has 0 bridgehead atoms. The lowest BCUT2D eigenvalue weighted by molar-refractivity contribution is -0.161. The maximum atomic E-state index is 12.2. The SMILES string of the molecule is CC(CNC(=O)C(N)CCCCN)C(=O)ONC(=O)Cc1ccc(CCCCc2ccccc2)cc1.Cl.Cl. The first-order valence-electron chi connectivity index (χ1n) is 12.7. The fourth-order valence-electron chi connectivity index (χ4n) is 3.66. The molecule has 2 unspecified atom stereocenters. The molecule has 6 N–H and O–H groups in total. The lowest BCUT2D eigenvalue weighted by Gasteiger charge is -2.15. The summed E-state index contributed by atoms with van der Waals surface area (Å²) in [4.78, 5) is 41.2. The molecule has 0 aliphatic heterocycles. The maximum absolute atomic E-state index is 12.2. The van der Waals surface area contributed by atoms with Gasteiger partial charge in [0.05, 0.1) is 18.4 Å². The Balaban J connectivity index is 0.00000684. The van der Waals surface area contributed by atoms with Gasteiger partial charge in [0.15, 0.2) is 0 Å². The zero-order chi connectivity index (χ0) is 26.2. The number of hydrogen-bond acceptors (Lipinski definition) is 6. The van der Waals surface area contributed by atoms with Crippen molar-refractivity contribution in [3.63, 3.8) is 0 Å². The normalized spacial score (nSPS) is 11.8. The summed E-state index contributed by atoms with van der Waals surface area (Å²) in [5, 5.41) is 2.64. The van der Waals surface area contributed by atoms with Crippen LogP contribution in [-0.2, 0) is 38.5 Å². The number of unbranched alkanes of at least 4 members (excludes halogenated alkanes) is 2. The first kappa shape index (κ1) is 35.4. The second kappa shape index (κ2) is 20.3. The maximum Gasteiger partial charge on any atom is 0.336 e. The van der Waals surface area contributed by atoms with Crippen molar-refractivity contribution >= 4 is 42.6 Å². The molecule has 0 radical (unpaired) electrons. The molecule has 0 saturated heterocycles. The quantitative estimate of drug-likeness (QED) is 0.192. The summed E-state index contributed by atoms with van der Waals surface area (Å²) in [7, 11) is 0. The first-order chi connectivity index (χ1) is 17.4. The van der Waals surface area contributed by atoms with E-state index >= 15 is 0 Å². The number of aryl methyl sites for hydroxylation is 2. The molecular formula is C28H42Cl2N4O4. The first-order valence-corrected chi connectivity index (χ1v) is 12.7. The van der Waals surface area contributed by atoms with Gasteiger partial charge in [-0.15, -0.1) is 24.8 Å². The fourth-order valence-corrected chi connectivity index (χ4v) is 3.66. The number of carbonyl (C=O) groups is 3. The Bertz CT molecular complexity index is 946. The number of nitrogens with two attached hydrogens (primary N) is 2. The number of hydrogen-bond donors (Lipinski definition) is 4. The van der Waals surface area contributed by atoms with E-state index in [2.05, 4.69) is 35.1 Å². The van der Waals surface area contributed by atoms with Crippen LogP contribution in [0.2, 0.25) is 0 Å². The van der Waals surface area contributed by atoms with E-state index in [1.54, 1.807) is 6.92 Å². The fraction of sp³-hybridized carbons (Fsp3) is 0.464. The minimum Gasteiger partial charge on any atom is -0.354 e. The highest BCUT2D eigenvalue weighted by Gasteiger charge is 2.19. The Morgan fingerprint density at radius 3 is 2.03 bits per heavy atom. The Hall–Kier alpha value is -2.65.